The number of hydrogen-bond acceptors (Lipinski definition) is 4. The first kappa shape index (κ1) is 13.4. The van der Waals surface area contributed by atoms with Crippen LogP contribution < -0.4 is 5.63 Å². The van der Waals surface area contributed by atoms with Gasteiger partial charge in [-0.25, -0.2) is 9.18 Å². The van der Waals surface area contributed by atoms with Crippen LogP contribution in [-0.2, 0) is 0 Å². The normalized spacial score (nSPS) is 10.2. The Morgan fingerprint density at radius 1 is 1.37 bits per heavy atom. The molecule has 0 amide bonds. The smallest absolute Gasteiger partial charge is 0.355 e. The fourth-order valence-corrected chi connectivity index (χ4v) is 2.69. The number of nitrogens with zero attached hydrogens (tertiary/aromatic N) is 1. The maximum absolute atomic E-state index is 13.9. The lowest BCUT2D eigenvalue weighted by molar-refractivity contribution is 0.475. The van der Waals surface area contributed by atoms with E-state index in [0.717, 1.165) is 0 Å². The van der Waals surface area contributed by atoms with E-state index in [1.54, 1.807) is 31.4 Å². The van der Waals surface area contributed by atoms with Crippen LogP contribution in [-0.4, -0.2) is 6.26 Å². The van der Waals surface area contributed by atoms with Gasteiger partial charge in [0.25, 0.3) is 0 Å². The lowest BCUT2D eigenvalue weighted by Crippen LogP contribution is -2.09. The second-order valence-corrected chi connectivity index (χ2v) is 4.64. The first-order valence-electron chi connectivity index (χ1n) is 5.46. The average molecular weight is 275 g/mol. The van der Waals surface area contributed by atoms with Crippen LogP contribution in [0.15, 0.2) is 38.4 Å². The molecule has 3 nitrogen and oxygen atoms in total. The van der Waals surface area contributed by atoms with E-state index in [1.807, 2.05) is 6.07 Å². The van der Waals surface area contributed by atoms with Crippen molar-refractivity contribution in [1.29, 1.82) is 5.26 Å². The molecule has 0 aliphatic rings. The summed E-state index contributed by atoms with van der Waals surface area (Å²) in [5, 5.41) is 9.04. The lowest BCUT2D eigenvalue weighted by atomic mass is 10.0. The average Bonchev–Trinajstić information content (AvgIpc) is 2.39. The molecule has 0 radical (unpaired) electrons. The molecule has 2 rings (SSSR count). The van der Waals surface area contributed by atoms with Gasteiger partial charge in [0.2, 0.25) is 0 Å². The number of aryl methyl sites for hydroxylation is 1. The predicted molar refractivity (Wildman–Crippen MR) is 71.6 cm³/mol. The van der Waals surface area contributed by atoms with E-state index < -0.39 is 11.4 Å². The highest BCUT2D eigenvalue weighted by Crippen LogP contribution is 2.35. The topological polar surface area (TPSA) is 54.0 Å². The van der Waals surface area contributed by atoms with Crippen molar-refractivity contribution in [3.05, 3.63) is 51.8 Å². The minimum Gasteiger partial charge on any atom is -0.427 e. The second-order valence-electron chi connectivity index (χ2n) is 3.82. The highest BCUT2D eigenvalue weighted by Gasteiger charge is 2.20. The van der Waals surface area contributed by atoms with Gasteiger partial charge in [-0.3, -0.25) is 0 Å². The molecule has 19 heavy (non-hydrogen) atoms. The minimum atomic E-state index is -0.690. The van der Waals surface area contributed by atoms with Crippen molar-refractivity contribution in [3.63, 3.8) is 0 Å². The molecule has 0 aliphatic carbocycles. The fraction of sp³-hybridized carbons (Fsp3) is 0.143. The number of rotatable bonds is 2. The van der Waals surface area contributed by atoms with E-state index in [0.29, 0.717) is 21.8 Å². The van der Waals surface area contributed by atoms with Crippen LogP contribution in [0.4, 0.5) is 4.39 Å². The molecule has 0 saturated carbocycles. The molecule has 1 aromatic carbocycles. The van der Waals surface area contributed by atoms with E-state index in [2.05, 4.69) is 0 Å². The zero-order valence-corrected chi connectivity index (χ0v) is 11.2. The van der Waals surface area contributed by atoms with Crippen molar-refractivity contribution in [1.82, 2.24) is 0 Å². The highest BCUT2D eigenvalue weighted by molar-refractivity contribution is 7.98. The molecule has 0 unspecified atom stereocenters. The Balaban J connectivity index is 2.89. The van der Waals surface area contributed by atoms with Crippen molar-refractivity contribution in [2.75, 3.05) is 6.26 Å². The molecule has 1 aromatic heterocycles. The molecule has 0 fully saturated rings. The zero-order chi connectivity index (χ0) is 14.0. The molecule has 0 spiro atoms. The Labute approximate surface area is 113 Å². The van der Waals surface area contributed by atoms with Gasteiger partial charge in [-0.1, -0.05) is 18.2 Å². The summed E-state index contributed by atoms with van der Waals surface area (Å²) in [6.07, 6.45) is 1.74. The van der Waals surface area contributed by atoms with Crippen LogP contribution >= 0.6 is 11.8 Å². The molecule has 0 N–H and O–H groups in total. The first-order chi connectivity index (χ1) is 9.10. The Morgan fingerprint density at radius 3 is 2.63 bits per heavy atom. The maximum Gasteiger partial charge on any atom is 0.355 e. The third-order valence-corrected chi connectivity index (χ3v) is 3.53. The van der Waals surface area contributed by atoms with E-state index in [4.69, 9.17) is 9.68 Å². The summed E-state index contributed by atoms with van der Waals surface area (Å²) in [5.74, 6) is -0.114. The number of thioether (sulfide) groups is 1. The van der Waals surface area contributed by atoms with Crippen molar-refractivity contribution < 1.29 is 8.81 Å². The quantitative estimate of drug-likeness (QED) is 0.789. The van der Waals surface area contributed by atoms with Crippen molar-refractivity contribution in [2.24, 2.45) is 0 Å². The second kappa shape index (κ2) is 5.29. The van der Waals surface area contributed by atoms with Gasteiger partial charge in [0, 0.05) is 16.0 Å². The van der Waals surface area contributed by atoms with E-state index in [-0.39, 0.29) is 5.56 Å². The van der Waals surface area contributed by atoms with Gasteiger partial charge in [-0.15, -0.1) is 11.8 Å². The number of halogens is 1. The third-order valence-electron chi connectivity index (χ3n) is 2.72. The van der Waals surface area contributed by atoms with Crippen LogP contribution in [0.5, 0.6) is 0 Å². The molecule has 0 bridgehead atoms. The van der Waals surface area contributed by atoms with Crippen molar-refractivity contribution in [2.45, 2.75) is 11.8 Å². The van der Waals surface area contributed by atoms with Gasteiger partial charge in [0.05, 0.1) is 0 Å². The minimum absolute atomic E-state index is 0.0867. The molecule has 0 atom stereocenters. The molecule has 0 saturated heterocycles. The molecule has 96 valence electrons. The summed E-state index contributed by atoms with van der Waals surface area (Å²) in [6, 6.07) is 8.02. The Bertz CT molecular complexity index is 731. The molecule has 5 heteroatoms. The number of hydrogen-bond donors (Lipinski definition) is 0. The molecular weight excluding hydrogens is 265 g/mol. The van der Waals surface area contributed by atoms with Gasteiger partial charge < -0.3 is 4.42 Å². The number of benzene rings is 1. The SMILES string of the molecule is CSc1c(-c2ccccc2F)c(C)oc(=O)c1C#N. The van der Waals surface area contributed by atoms with Crippen LogP contribution in [0.1, 0.15) is 11.3 Å². The standard InChI is InChI=1S/C14H10FNO2S/c1-8-12(9-5-3-4-6-11(9)15)13(19-2)10(7-16)14(17)18-8/h3-6H,1-2H3. The van der Waals surface area contributed by atoms with Crippen LogP contribution in [0.2, 0.25) is 0 Å². The summed E-state index contributed by atoms with van der Waals surface area (Å²) >= 11 is 1.23. The Morgan fingerprint density at radius 2 is 2.05 bits per heavy atom. The summed E-state index contributed by atoms with van der Waals surface area (Å²) in [5.41, 5.74) is 0.00661. The summed E-state index contributed by atoms with van der Waals surface area (Å²) in [6.45, 7) is 1.59. The van der Waals surface area contributed by atoms with Gasteiger partial charge in [-0.05, 0) is 19.2 Å². The summed E-state index contributed by atoms with van der Waals surface area (Å²) in [7, 11) is 0. The van der Waals surface area contributed by atoms with Crippen LogP contribution in [0.25, 0.3) is 11.1 Å². The monoisotopic (exact) mass is 275 g/mol. The van der Waals surface area contributed by atoms with E-state index in [1.165, 1.54) is 17.8 Å². The Hall–Kier alpha value is -2.06. The van der Waals surface area contributed by atoms with Crippen LogP contribution in [0, 0.1) is 24.1 Å². The molecular formula is C14H10FNO2S. The predicted octanol–water partition coefficient (Wildman–Crippen LogP) is 3.35. The number of nitriles is 1. The van der Waals surface area contributed by atoms with Gasteiger partial charge in [0.1, 0.15) is 17.6 Å². The highest BCUT2D eigenvalue weighted by atomic mass is 32.2. The molecule has 1 heterocycles. The first-order valence-corrected chi connectivity index (χ1v) is 6.69. The lowest BCUT2D eigenvalue weighted by Gasteiger charge is -2.11. The van der Waals surface area contributed by atoms with Crippen molar-refractivity contribution >= 4 is 11.8 Å². The molecule has 0 aliphatic heterocycles. The van der Waals surface area contributed by atoms with Gasteiger partial charge in [-0.2, -0.15) is 5.26 Å². The van der Waals surface area contributed by atoms with Crippen molar-refractivity contribution in [3.8, 4) is 17.2 Å². The fourth-order valence-electron chi connectivity index (χ4n) is 1.90. The van der Waals surface area contributed by atoms with E-state index in [9.17, 15) is 9.18 Å². The summed E-state index contributed by atoms with van der Waals surface area (Å²) < 4.78 is 18.9. The Kier molecular flexibility index (Phi) is 3.72. The zero-order valence-electron chi connectivity index (χ0n) is 10.4. The van der Waals surface area contributed by atoms with E-state index >= 15 is 0 Å². The van der Waals surface area contributed by atoms with Gasteiger partial charge >= 0.3 is 5.63 Å². The maximum atomic E-state index is 13.9. The summed E-state index contributed by atoms with van der Waals surface area (Å²) in [4.78, 5) is 12.1. The largest absolute Gasteiger partial charge is 0.427 e. The molecule has 2 aromatic rings. The van der Waals surface area contributed by atoms with Gasteiger partial charge in [0.15, 0.2) is 5.56 Å². The van der Waals surface area contributed by atoms with Crippen LogP contribution in [0.3, 0.4) is 0 Å². The third kappa shape index (κ3) is 2.27.